The zero-order valence-electron chi connectivity index (χ0n) is 11.5. The number of nitrogen functional groups attached to an aromatic ring is 1. The Bertz CT molecular complexity index is 640. The summed E-state index contributed by atoms with van der Waals surface area (Å²) in [6.45, 7) is 1.25. The van der Waals surface area contributed by atoms with Gasteiger partial charge in [-0.25, -0.2) is 4.79 Å². The molecule has 0 saturated carbocycles. The van der Waals surface area contributed by atoms with Crippen LogP contribution in [-0.2, 0) is 14.9 Å². The van der Waals surface area contributed by atoms with Gasteiger partial charge in [0.1, 0.15) is 0 Å². The molecule has 8 nitrogen and oxygen atoms in total. The van der Waals surface area contributed by atoms with Gasteiger partial charge in [0, 0.05) is 20.1 Å². The summed E-state index contributed by atoms with van der Waals surface area (Å²) in [5, 5.41) is 8.89. The molecule has 2 rings (SSSR count). The highest BCUT2D eigenvalue weighted by atomic mass is 32.2. The predicted molar refractivity (Wildman–Crippen MR) is 77.5 cm³/mol. The maximum absolute atomic E-state index is 12.5. The molecular weight excluding hydrogens is 298 g/mol. The van der Waals surface area contributed by atoms with Gasteiger partial charge in [-0.3, -0.25) is 4.31 Å². The first-order valence-corrected chi connectivity index (χ1v) is 7.68. The van der Waals surface area contributed by atoms with Crippen molar-refractivity contribution in [2.75, 3.05) is 43.4 Å². The van der Waals surface area contributed by atoms with Gasteiger partial charge in [0.25, 0.3) is 0 Å². The molecule has 0 aliphatic carbocycles. The van der Waals surface area contributed by atoms with Crippen molar-refractivity contribution in [2.45, 2.75) is 0 Å². The van der Waals surface area contributed by atoms with E-state index < -0.39 is 16.2 Å². The van der Waals surface area contributed by atoms with Gasteiger partial charge >= 0.3 is 16.2 Å². The molecule has 0 radical (unpaired) electrons. The number of ether oxygens (including phenoxy) is 1. The van der Waals surface area contributed by atoms with Crippen molar-refractivity contribution in [3.05, 3.63) is 23.8 Å². The smallest absolute Gasteiger partial charge is 0.335 e. The van der Waals surface area contributed by atoms with Crippen molar-refractivity contribution in [1.29, 1.82) is 0 Å². The van der Waals surface area contributed by atoms with Gasteiger partial charge in [-0.15, -0.1) is 0 Å². The molecule has 1 aromatic rings. The van der Waals surface area contributed by atoms with Crippen LogP contribution in [0.3, 0.4) is 0 Å². The fourth-order valence-corrected chi connectivity index (χ4v) is 3.42. The maximum atomic E-state index is 12.5. The number of carboxylic acids is 1. The van der Waals surface area contributed by atoms with Gasteiger partial charge in [0.15, 0.2) is 0 Å². The van der Waals surface area contributed by atoms with E-state index in [-0.39, 0.29) is 30.0 Å². The highest BCUT2D eigenvalue weighted by Crippen LogP contribution is 2.27. The molecular formula is C12H17N3O5S. The molecule has 0 amide bonds. The summed E-state index contributed by atoms with van der Waals surface area (Å²) in [5.41, 5.74) is 6.12. The molecule has 1 aliphatic heterocycles. The molecule has 1 aliphatic rings. The Balaban J connectivity index is 2.30. The number of carboxylic acid groups (broad SMARTS) is 1. The van der Waals surface area contributed by atoms with Crippen molar-refractivity contribution in [2.24, 2.45) is 0 Å². The zero-order chi connectivity index (χ0) is 15.6. The predicted octanol–water partition coefficient (Wildman–Crippen LogP) is -0.0198. The van der Waals surface area contributed by atoms with Crippen LogP contribution in [-0.4, -0.2) is 57.1 Å². The highest BCUT2D eigenvalue weighted by molar-refractivity contribution is 7.90. The number of morpholine rings is 1. The third-order valence-electron chi connectivity index (χ3n) is 3.26. The Hall–Kier alpha value is -1.84. The molecule has 1 fully saturated rings. The van der Waals surface area contributed by atoms with Crippen LogP contribution in [0.15, 0.2) is 18.2 Å². The van der Waals surface area contributed by atoms with Crippen molar-refractivity contribution >= 4 is 27.6 Å². The number of rotatable bonds is 4. The van der Waals surface area contributed by atoms with Gasteiger partial charge in [-0.1, -0.05) is 0 Å². The summed E-state index contributed by atoms with van der Waals surface area (Å²) in [6.07, 6.45) is 0. The minimum absolute atomic E-state index is 0.00780. The number of hydrogen-bond acceptors (Lipinski definition) is 5. The fourth-order valence-electron chi connectivity index (χ4n) is 2.05. The number of nitrogens with zero attached hydrogens (tertiary/aromatic N) is 2. The van der Waals surface area contributed by atoms with Crippen LogP contribution in [0.25, 0.3) is 0 Å². The molecule has 0 aromatic heterocycles. The van der Waals surface area contributed by atoms with Crippen LogP contribution in [0.2, 0.25) is 0 Å². The Kier molecular flexibility index (Phi) is 4.35. The van der Waals surface area contributed by atoms with E-state index in [1.165, 1.54) is 29.6 Å². The molecule has 21 heavy (non-hydrogen) atoms. The fraction of sp³-hybridized carbons (Fsp3) is 0.417. The summed E-state index contributed by atoms with van der Waals surface area (Å²) in [4.78, 5) is 10.9. The van der Waals surface area contributed by atoms with Crippen molar-refractivity contribution < 1.29 is 23.1 Å². The lowest BCUT2D eigenvalue weighted by Crippen LogP contribution is -2.47. The second kappa shape index (κ2) is 5.88. The maximum Gasteiger partial charge on any atom is 0.335 e. The summed E-state index contributed by atoms with van der Waals surface area (Å²) in [5.74, 6) is -1.12. The van der Waals surface area contributed by atoms with Crippen LogP contribution in [0, 0.1) is 0 Å². The zero-order valence-corrected chi connectivity index (χ0v) is 12.3. The van der Waals surface area contributed by atoms with Crippen LogP contribution >= 0.6 is 0 Å². The third kappa shape index (κ3) is 3.09. The highest BCUT2D eigenvalue weighted by Gasteiger charge is 2.29. The largest absolute Gasteiger partial charge is 0.478 e. The number of anilines is 2. The number of aromatic carboxylic acids is 1. The quantitative estimate of drug-likeness (QED) is 0.755. The Morgan fingerprint density at radius 2 is 2.00 bits per heavy atom. The van der Waals surface area contributed by atoms with Crippen LogP contribution in [0.1, 0.15) is 10.4 Å². The van der Waals surface area contributed by atoms with Gasteiger partial charge < -0.3 is 15.6 Å². The van der Waals surface area contributed by atoms with E-state index in [1.54, 1.807) is 0 Å². The van der Waals surface area contributed by atoms with E-state index in [4.69, 9.17) is 15.6 Å². The van der Waals surface area contributed by atoms with Gasteiger partial charge in [0.05, 0.1) is 30.2 Å². The standard InChI is InChI=1S/C12H17N3O5S/c1-14(21(18,19)15-4-6-20-7-5-15)11-3-2-9(12(16)17)8-10(11)13/h2-3,8H,4-7,13H2,1H3,(H,16,17). The molecule has 0 bridgehead atoms. The van der Waals surface area contributed by atoms with Crippen molar-refractivity contribution in [1.82, 2.24) is 4.31 Å². The number of benzene rings is 1. The molecule has 0 atom stereocenters. The van der Waals surface area contributed by atoms with Crippen molar-refractivity contribution in [3.63, 3.8) is 0 Å². The second-order valence-electron chi connectivity index (χ2n) is 4.57. The third-order valence-corrected chi connectivity index (χ3v) is 5.16. The van der Waals surface area contributed by atoms with E-state index in [2.05, 4.69) is 0 Å². The topological polar surface area (TPSA) is 113 Å². The van der Waals surface area contributed by atoms with E-state index in [0.29, 0.717) is 13.2 Å². The lowest BCUT2D eigenvalue weighted by Gasteiger charge is -2.31. The second-order valence-corrected chi connectivity index (χ2v) is 6.53. The Labute approximate surface area is 122 Å². The summed E-state index contributed by atoms with van der Waals surface area (Å²) < 4.78 is 32.5. The summed E-state index contributed by atoms with van der Waals surface area (Å²) >= 11 is 0. The molecule has 0 spiro atoms. The number of carbonyl (C=O) groups is 1. The first-order valence-electron chi connectivity index (χ1n) is 6.28. The molecule has 3 N–H and O–H groups in total. The monoisotopic (exact) mass is 315 g/mol. The average Bonchev–Trinajstić information content (AvgIpc) is 2.47. The first-order chi connectivity index (χ1) is 9.84. The van der Waals surface area contributed by atoms with E-state index >= 15 is 0 Å². The molecule has 1 heterocycles. The molecule has 0 unspecified atom stereocenters. The normalized spacial score (nSPS) is 16.6. The molecule has 1 aromatic carbocycles. The van der Waals surface area contributed by atoms with Gasteiger partial charge in [-0.2, -0.15) is 12.7 Å². The van der Waals surface area contributed by atoms with Crippen LogP contribution in [0.4, 0.5) is 11.4 Å². The Morgan fingerprint density at radius 3 is 2.52 bits per heavy atom. The Morgan fingerprint density at radius 1 is 1.38 bits per heavy atom. The van der Waals surface area contributed by atoms with E-state index in [9.17, 15) is 13.2 Å². The summed E-state index contributed by atoms with van der Waals surface area (Å²) in [7, 11) is -2.33. The average molecular weight is 315 g/mol. The van der Waals surface area contributed by atoms with Crippen molar-refractivity contribution in [3.8, 4) is 0 Å². The SMILES string of the molecule is CN(c1ccc(C(=O)O)cc1N)S(=O)(=O)N1CCOCC1. The summed E-state index contributed by atoms with van der Waals surface area (Å²) in [6, 6.07) is 3.94. The number of nitrogens with two attached hydrogens (primary N) is 1. The van der Waals surface area contributed by atoms with Crippen LogP contribution in [0.5, 0.6) is 0 Å². The van der Waals surface area contributed by atoms with E-state index in [0.717, 1.165) is 4.31 Å². The molecule has 1 saturated heterocycles. The van der Waals surface area contributed by atoms with E-state index in [1.807, 2.05) is 0 Å². The van der Waals surface area contributed by atoms with Gasteiger partial charge in [-0.05, 0) is 18.2 Å². The minimum Gasteiger partial charge on any atom is -0.478 e. The lowest BCUT2D eigenvalue weighted by atomic mass is 10.2. The van der Waals surface area contributed by atoms with Gasteiger partial charge in [0.2, 0.25) is 0 Å². The lowest BCUT2D eigenvalue weighted by molar-refractivity contribution is 0.0697. The van der Waals surface area contributed by atoms with Crippen LogP contribution < -0.4 is 10.0 Å². The minimum atomic E-state index is -3.71. The number of hydrogen-bond donors (Lipinski definition) is 2. The first kappa shape index (κ1) is 15.5. The molecule has 9 heteroatoms. The molecule has 116 valence electrons.